The molecule has 1 spiro atoms. The zero-order chi connectivity index (χ0) is 22.3. The van der Waals surface area contributed by atoms with Gasteiger partial charge >= 0.3 is 0 Å². The molecule has 5 rings (SSSR count). The van der Waals surface area contributed by atoms with Gasteiger partial charge in [-0.3, -0.25) is 4.79 Å². The van der Waals surface area contributed by atoms with E-state index in [0.717, 1.165) is 22.4 Å². The van der Waals surface area contributed by atoms with Gasteiger partial charge in [-0.1, -0.05) is 41.9 Å². The number of likely N-dealkylation sites (tertiary alicyclic amines) is 1. The number of ether oxygens (including phenoxy) is 2. The molecule has 1 amide bonds. The number of rotatable bonds is 3. The number of piperidine rings is 1. The fourth-order valence-electron chi connectivity index (χ4n) is 4.46. The molecule has 3 aromatic rings. The van der Waals surface area contributed by atoms with Crippen LogP contribution in [0.5, 0.6) is 0 Å². The van der Waals surface area contributed by atoms with E-state index in [1.54, 1.807) is 4.68 Å². The number of hydrogen-bond acceptors (Lipinski definition) is 4. The minimum atomic E-state index is -0.521. The van der Waals surface area contributed by atoms with Crippen molar-refractivity contribution < 1.29 is 14.3 Å². The van der Waals surface area contributed by atoms with Crippen LogP contribution in [0.25, 0.3) is 16.9 Å². The van der Waals surface area contributed by atoms with Crippen LogP contribution in [-0.2, 0) is 9.47 Å². The molecule has 2 aliphatic heterocycles. The van der Waals surface area contributed by atoms with E-state index in [1.807, 2.05) is 49.1 Å². The number of halogens is 1. The molecular weight excluding hydrogens is 426 g/mol. The summed E-state index contributed by atoms with van der Waals surface area (Å²) in [5.41, 5.74) is 5.05. The van der Waals surface area contributed by atoms with E-state index in [2.05, 4.69) is 18.2 Å². The van der Waals surface area contributed by atoms with Crippen molar-refractivity contribution in [1.82, 2.24) is 14.7 Å². The maximum absolute atomic E-state index is 13.7. The van der Waals surface area contributed by atoms with E-state index in [0.29, 0.717) is 55.6 Å². The second kappa shape index (κ2) is 8.35. The number of aryl methyl sites for hydroxylation is 2. The molecule has 0 saturated carbocycles. The van der Waals surface area contributed by atoms with Gasteiger partial charge in [0.1, 0.15) is 5.69 Å². The number of carbonyl (C=O) groups excluding carboxylic acids is 1. The van der Waals surface area contributed by atoms with Crippen molar-refractivity contribution in [1.29, 1.82) is 0 Å². The van der Waals surface area contributed by atoms with E-state index in [1.165, 1.54) is 0 Å². The van der Waals surface area contributed by atoms with Crippen LogP contribution in [0.2, 0.25) is 5.02 Å². The lowest BCUT2D eigenvalue weighted by molar-refractivity contribution is -0.181. The maximum Gasteiger partial charge on any atom is 0.272 e. The summed E-state index contributed by atoms with van der Waals surface area (Å²) >= 11 is 6.45. The molecule has 2 fully saturated rings. The molecule has 1 aromatic heterocycles. The summed E-state index contributed by atoms with van der Waals surface area (Å²) in [6, 6.07) is 15.6. The SMILES string of the molecule is Cc1ccc(C)c(-n2nc(-c3ccccc3Cl)cc2C(=O)N2CCC3(CC2)OCCO3)c1. The Balaban J connectivity index is 1.54. The Kier molecular flexibility index (Phi) is 5.53. The monoisotopic (exact) mass is 451 g/mol. The summed E-state index contributed by atoms with van der Waals surface area (Å²) in [7, 11) is 0. The zero-order valence-corrected chi connectivity index (χ0v) is 19.1. The number of aromatic nitrogens is 2. The van der Waals surface area contributed by atoms with Crippen LogP contribution in [0.1, 0.15) is 34.5 Å². The highest BCUT2D eigenvalue weighted by atomic mass is 35.5. The number of carbonyl (C=O) groups is 1. The Morgan fingerprint density at radius 3 is 2.47 bits per heavy atom. The van der Waals surface area contributed by atoms with E-state index < -0.39 is 5.79 Å². The zero-order valence-electron chi connectivity index (χ0n) is 18.3. The van der Waals surface area contributed by atoms with Gasteiger partial charge in [0.2, 0.25) is 0 Å². The quantitative estimate of drug-likeness (QED) is 0.574. The second-order valence-electron chi connectivity index (χ2n) is 8.50. The Morgan fingerprint density at radius 2 is 1.75 bits per heavy atom. The summed E-state index contributed by atoms with van der Waals surface area (Å²) in [6.07, 6.45) is 1.35. The summed E-state index contributed by atoms with van der Waals surface area (Å²) in [4.78, 5) is 15.5. The second-order valence-corrected chi connectivity index (χ2v) is 8.90. The topological polar surface area (TPSA) is 56.6 Å². The van der Waals surface area contributed by atoms with Crippen LogP contribution in [0.4, 0.5) is 0 Å². The van der Waals surface area contributed by atoms with Gasteiger partial charge in [0.05, 0.1) is 29.6 Å². The van der Waals surface area contributed by atoms with Crippen molar-refractivity contribution in [2.24, 2.45) is 0 Å². The van der Waals surface area contributed by atoms with Gasteiger partial charge in [-0.2, -0.15) is 5.10 Å². The average Bonchev–Trinajstić information content (AvgIpc) is 3.43. The molecule has 0 radical (unpaired) electrons. The van der Waals surface area contributed by atoms with E-state index >= 15 is 0 Å². The number of amides is 1. The summed E-state index contributed by atoms with van der Waals surface area (Å²) in [5, 5.41) is 5.44. The highest BCUT2D eigenvalue weighted by Crippen LogP contribution is 2.33. The Morgan fingerprint density at radius 1 is 1.03 bits per heavy atom. The van der Waals surface area contributed by atoms with E-state index in [4.69, 9.17) is 26.2 Å². The first-order chi connectivity index (χ1) is 15.5. The van der Waals surface area contributed by atoms with Gasteiger partial charge in [0, 0.05) is 31.5 Å². The van der Waals surface area contributed by atoms with Gasteiger partial charge in [0.25, 0.3) is 5.91 Å². The molecule has 3 heterocycles. The van der Waals surface area contributed by atoms with Crippen LogP contribution >= 0.6 is 11.6 Å². The Labute approximate surface area is 192 Å². The molecule has 7 heteroatoms. The van der Waals surface area contributed by atoms with Gasteiger partial charge in [-0.05, 0) is 43.2 Å². The first kappa shape index (κ1) is 21.2. The largest absolute Gasteiger partial charge is 0.347 e. The third-order valence-electron chi connectivity index (χ3n) is 6.30. The molecule has 0 atom stereocenters. The molecule has 2 saturated heterocycles. The van der Waals surface area contributed by atoms with Crippen LogP contribution in [0, 0.1) is 13.8 Å². The number of benzene rings is 2. The molecule has 32 heavy (non-hydrogen) atoms. The first-order valence-electron chi connectivity index (χ1n) is 11.0. The molecular formula is C25H26ClN3O3. The lowest BCUT2D eigenvalue weighted by atomic mass is 10.0. The highest BCUT2D eigenvalue weighted by molar-refractivity contribution is 6.33. The molecule has 0 unspecified atom stereocenters. The van der Waals surface area contributed by atoms with Crippen molar-refractivity contribution >= 4 is 17.5 Å². The third kappa shape index (κ3) is 3.83. The van der Waals surface area contributed by atoms with Crippen LogP contribution in [-0.4, -0.2) is 52.7 Å². The standard InChI is InChI=1S/C25H26ClN3O3/c1-17-7-8-18(2)22(15-17)29-23(16-21(27-29)19-5-3-4-6-20(19)26)24(30)28-11-9-25(10-12-28)31-13-14-32-25/h3-8,15-16H,9-14H2,1-2H3. The summed E-state index contributed by atoms with van der Waals surface area (Å²) < 4.78 is 13.4. The third-order valence-corrected chi connectivity index (χ3v) is 6.63. The number of hydrogen-bond donors (Lipinski definition) is 0. The molecule has 0 bridgehead atoms. The fraction of sp³-hybridized carbons (Fsp3) is 0.360. The summed E-state index contributed by atoms with van der Waals surface area (Å²) in [6.45, 7) is 6.47. The van der Waals surface area contributed by atoms with Gasteiger partial charge < -0.3 is 14.4 Å². The van der Waals surface area contributed by atoms with Crippen molar-refractivity contribution in [2.75, 3.05) is 26.3 Å². The summed E-state index contributed by atoms with van der Waals surface area (Å²) in [5.74, 6) is -0.572. The smallest absolute Gasteiger partial charge is 0.272 e. The molecule has 0 aliphatic carbocycles. The van der Waals surface area contributed by atoms with E-state index in [-0.39, 0.29) is 5.91 Å². The minimum absolute atomic E-state index is 0.0513. The minimum Gasteiger partial charge on any atom is -0.347 e. The van der Waals surface area contributed by atoms with Crippen molar-refractivity contribution in [3.8, 4) is 16.9 Å². The van der Waals surface area contributed by atoms with Crippen molar-refractivity contribution in [3.05, 3.63) is 70.4 Å². The molecule has 6 nitrogen and oxygen atoms in total. The van der Waals surface area contributed by atoms with Crippen LogP contribution in [0.15, 0.2) is 48.5 Å². The lowest BCUT2D eigenvalue weighted by Gasteiger charge is -2.37. The molecule has 2 aliphatic rings. The molecule has 166 valence electrons. The Hall–Kier alpha value is -2.67. The molecule has 2 aromatic carbocycles. The van der Waals surface area contributed by atoms with Crippen LogP contribution < -0.4 is 0 Å². The normalized spacial score (nSPS) is 17.8. The van der Waals surface area contributed by atoms with Crippen molar-refractivity contribution in [3.63, 3.8) is 0 Å². The maximum atomic E-state index is 13.7. The van der Waals surface area contributed by atoms with Crippen molar-refractivity contribution in [2.45, 2.75) is 32.5 Å². The predicted molar refractivity (Wildman–Crippen MR) is 123 cm³/mol. The first-order valence-corrected chi connectivity index (χ1v) is 11.3. The van der Waals surface area contributed by atoms with Gasteiger partial charge in [-0.25, -0.2) is 4.68 Å². The number of nitrogens with zero attached hydrogens (tertiary/aromatic N) is 3. The highest BCUT2D eigenvalue weighted by Gasteiger charge is 2.41. The van der Waals surface area contributed by atoms with Crippen LogP contribution in [0.3, 0.4) is 0 Å². The van der Waals surface area contributed by atoms with Gasteiger partial charge in [-0.15, -0.1) is 0 Å². The van der Waals surface area contributed by atoms with E-state index in [9.17, 15) is 4.79 Å². The predicted octanol–water partition coefficient (Wildman–Crippen LogP) is 4.79. The van der Waals surface area contributed by atoms with Gasteiger partial charge in [0.15, 0.2) is 5.79 Å². The fourth-order valence-corrected chi connectivity index (χ4v) is 4.70. The molecule has 0 N–H and O–H groups in total. The Bertz CT molecular complexity index is 1160. The average molecular weight is 452 g/mol. The lowest BCUT2D eigenvalue weighted by Crippen LogP contribution is -2.47.